The Labute approximate surface area is 151 Å². The Balaban J connectivity index is 1.59. The van der Waals surface area contributed by atoms with Crippen molar-refractivity contribution in [3.63, 3.8) is 0 Å². The standard InChI is InChI=1S/C18H22N2O6/c21-15(19-17(18(23)24)12-4-3-9-25-10-12)7-8-20-13-5-1-2-6-14(13)26-11-16(20)22/h1-2,5-6,12,17H,3-4,7-11H2,(H,19,21)(H,23,24). The maximum absolute atomic E-state index is 12.3. The summed E-state index contributed by atoms with van der Waals surface area (Å²) in [5.74, 6) is -1.35. The van der Waals surface area contributed by atoms with Crippen molar-refractivity contribution in [2.45, 2.75) is 25.3 Å². The third-order valence-electron chi connectivity index (χ3n) is 4.62. The topological polar surface area (TPSA) is 105 Å². The van der Waals surface area contributed by atoms with Crippen LogP contribution >= 0.6 is 0 Å². The van der Waals surface area contributed by atoms with E-state index >= 15 is 0 Å². The smallest absolute Gasteiger partial charge is 0.326 e. The highest BCUT2D eigenvalue weighted by molar-refractivity contribution is 5.98. The average Bonchev–Trinajstić information content (AvgIpc) is 2.65. The van der Waals surface area contributed by atoms with Gasteiger partial charge in [-0.2, -0.15) is 0 Å². The second-order valence-electron chi connectivity index (χ2n) is 6.41. The molecule has 0 aliphatic carbocycles. The van der Waals surface area contributed by atoms with Crippen molar-refractivity contribution in [1.29, 1.82) is 0 Å². The van der Waals surface area contributed by atoms with Gasteiger partial charge in [0.1, 0.15) is 11.8 Å². The van der Waals surface area contributed by atoms with Gasteiger partial charge in [0.15, 0.2) is 6.61 Å². The molecule has 1 saturated heterocycles. The lowest BCUT2D eigenvalue weighted by atomic mass is 9.93. The molecule has 0 aromatic heterocycles. The number of para-hydroxylation sites is 2. The molecule has 2 aliphatic rings. The van der Waals surface area contributed by atoms with E-state index in [0.29, 0.717) is 31.1 Å². The zero-order valence-electron chi connectivity index (χ0n) is 14.3. The summed E-state index contributed by atoms with van der Waals surface area (Å²) < 4.78 is 10.7. The lowest BCUT2D eigenvalue weighted by molar-refractivity contribution is -0.145. The fraction of sp³-hybridized carbons (Fsp3) is 0.500. The molecule has 2 heterocycles. The van der Waals surface area contributed by atoms with Gasteiger partial charge < -0.3 is 24.8 Å². The number of fused-ring (bicyclic) bond motifs is 1. The minimum Gasteiger partial charge on any atom is -0.482 e. The molecule has 0 radical (unpaired) electrons. The van der Waals surface area contributed by atoms with E-state index < -0.39 is 17.9 Å². The van der Waals surface area contributed by atoms with Crippen LogP contribution < -0.4 is 15.0 Å². The highest BCUT2D eigenvalue weighted by Gasteiger charge is 2.32. The first-order valence-corrected chi connectivity index (χ1v) is 8.68. The van der Waals surface area contributed by atoms with Crippen LogP contribution in [0.1, 0.15) is 19.3 Å². The van der Waals surface area contributed by atoms with Gasteiger partial charge in [0.05, 0.1) is 12.3 Å². The van der Waals surface area contributed by atoms with Crippen LogP contribution in [0.2, 0.25) is 0 Å². The number of rotatable bonds is 6. The van der Waals surface area contributed by atoms with Crippen LogP contribution in [0.4, 0.5) is 5.69 Å². The number of carbonyl (C=O) groups is 3. The fourth-order valence-corrected chi connectivity index (χ4v) is 3.27. The van der Waals surface area contributed by atoms with Gasteiger partial charge in [0.25, 0.3) is 5.91 Å². The molecule has 2 atom stereocenters. The Kier molecular flexibility index (Phi) is 5.72. The van der Waals surface area contributed by atoms with Crippen LogP contribution in [-0.4, -0.2) is 55.3 Å². The number of nitrogens with one attached hydrogen (secondary N) is 1. The number of carbonyl (C=O) groups excluding carboxylic acids is 2. The number of anilines is 1. The maximum Gasteiger partial charge on any atom is 0.326 e. The second-order valence-corrected chi connectivity index (χ2v) is 6.41. The maximum atomic E-state index is 12.3. The summed E-state index contributed by atoms with van der Waals surface area (Å²) in [6.45, 7) is 1.04. The Morgan fingerprint density at radius 3 is 2.88 bits per heavy atom. The molecule has 0 bridgehead atoms. The van der Waals surface area contributed by atoms with E-state index in [2.05, 4.69) is 5.32 Å². The SMILES string of the molecule is O=C(CCN1C(=O)COc2ccccc21)NC(C(=O)O)C1CCCOC1. The number of amides is 2. The third kappa shape index (κ3) is 4.13. The lowest BCUT2D eigenvalue weighted by Crippen LogP contribution is -2.49. The average molecular weight is 362 g/mol. The van der Waals surface area contributed by atoms with Gasteiger partial charge in [-0.05, 0) is 25.0 Å². The number of ether oxygens (including phenoxy) is 2. The first kappa shape index (κ1) is 18.2. The van der Waals surface area contributed by atoms with E-state index in [1.807, 2.05) is 6.07 Å². The van der Waals surface area contributed by atoms with Gasteiger partial charge >= 0.3 is 5.97 Å². The predicted molar refractivity (Wildman–Crippen MR) is 92.0 cm³/mol. The molecule has 2 unspecified atom stereocenters. The molecule has 2 aliphatic heterocycles. The Morgan fingerprint density at radius 2 is 2.15 bits per heavy atom. The number of carboxylic acids is 1. The molecule has 8 heteroatoms. The van der Waals surface area contributed by atoms with E-state index in [9.17, 15) is 19.5 Å². The second kappa shape index (κ2) is 8.18. The number of aliphatic carboxylic acids is 1. The van der Waals surface area contributed by atoms with Crippen LogP contribution in [-0.2, 0) is 19.1 Å². The van der Waals surface area contributed by atoms with E-state index in [1.54, 1.807) is 18.2 Å². The molecular formula is C18H22N2O6. The highest BCUT2D eigenvalue weighted by Crippen LogP contribution is 2.31. The molecule has 0 spiro atoms. The van der Waals surface area contributed by atoms with Crippen molar-refractivity contribution in [2.75, 3.05) is 31.3 Å². The van der Waals surface area contributed by atoms with Crippen molar-refractivity contribution >= 4 is 23.5 Å². The number of carboxylic acid groups (broad SMARTS) is 1. The monoisotopic (exact) mass is 362 g/mol. The Morgan fingerprint density at radius 1 is 1.35 bits per heavy atom. The fourth-order valence-electron chi connectivity index (χ4n) is 3.27. The zero-order chi connectivity index (χ0) is 18.5. The molecule has 8 nitrogen and oxygen atoms in total. The predicted octanol–water partition coefficient (Wildman–Crippen LogP) is 0.798. The van der Waals surface area contributed by atoms with Gasteiger partial charge in [-0.3, -0.25) is 9.59 Å². The largest absolute Gasteiger partial charge is 0.482 e. The van der Waals surface area contributed by atoms with Gasteiger partial charge in [-0.15, -0.1) is 0 Å². The molecule has 1 aromatic rings. The summed E-state index contributed by atoms with van der Waals surface area (Å²) in [4.78, 5) is 37.4. The summed E-state index contributed by atoms with van der Waals surface area (Å²) >= 11 is 0. The molecule has 2 amide bonds. The van der Waals surface area contributed by atoms with E-state index in [0.717, 1.165) is 6.42 Å². The normalized spacial score (nSPS) is 20.7. The summed E-state index contributed by atoms with van der Waals surface area (Å²) in [6.07, 6.45) is 1.49. The summed E-state index contributed by atoms with van der Waals surface area (Å²) in [5.41, 5.74) is 0.618. The Bertz CT molecular complexity index is 686. The van der Waals surface area contributed by atoms with Crippen LogP contribution in [0, 0.1) is 5.92 Å². The van der Waals surface area contributed by atoms with E-state index in [1.165, 1.54) is 4.90 Å². The molecule has 2 N–H and O–H groups in total. The van der Waals surface area contributed by atoms with E-state index in [-0.39, 0.29) is 31.4 Å². The van der Waals surface area contributed by atoms with Crippen molar-refractivity contribution in [2.24, 2.45) is 5.92 Å². The number of hydrogen-bond donors (Lipinski definition) is 2. The molecule has 1 aromatic carbocycles. The first-order chi connectivity index (χ1) is 12.6. The van der Waals surface area contributed by atoms with Gasteiger partial charge in [-0.25, -0.2) is 4.79 Å². The minimum absolute atomic E-state index is 0.0113. The molecule has 1 fully saturated rings. The summed E-state index contributed by atoms with van der Waals surface area (Å²) in [5, 5.41) is 12.0. The molecule has 0 saturated carbocycles. The van der Waals surface area contributed by atoms with E-state index in [4.69, 9.17) is 9.47 Å². The van der Waals surface area contributed by atoms with Crippen molar-refractivity contribution in [3.05, 3.63) is 24.3 Å². The van der Waals surface area contributed by atoms with Gasteiger partial charge in [0, 0.05) is 25.5 Å². The number of nitrogens with zero attached hydrogens (tertiary/aromatic N) is 1. The van der Waals surface area contributed by atoms with Crippen molar-refractivity contribution in [1.82, 2.24) is 5.32 Å². The quantitative estimate of drug-likeness (QED) is 0.775. The Hall–Kier alpha value is -2.61. The highest BCUT2D eigenvalue weighted by atomic mass is 16.5. The first-order valence-electron chi connectivity index (χ1n) is 8.68. The molecular weight excluding hydrogens is 340 g/mol. The molecule has 26 heavy (non-hydrogen) atoms. The van der Waals surface area contributed by atoms with Crippen LogP contribution in [0.3, 0.4) is 0 Å². The van der Waals surface area contributed by atoms with Crippen molar-refractivity contribution in [3.8, 4) is 5.75 Å². The minimum atomic E-state index is -1.07. The van der Waals surface area contributed by atoms with Crippen molar-refractivity contribution < 1.29 is 29.0 Å². The third-order valence-corrected chi connectivity index (χ3v) is 4.62. The number of benzene rings is 1. The van der Waals surface area contributed by atoms with Crippen LogP contribution in [0.5, 0.6) is 5.75 Å². The number of hydrogen-bond acceptors (Lipinski definition) is 5. The molecule has 3 rings (SSSR count). The lowest BCUT2D eigenvalue weighted by Gasteiger charge is -2.30. The summed E-state index contributed by atoms with van der Waals surface area (Å²) in [7, 11) is 0. The molecule has 140 valence electrons. The van der Waals surface area contributed by atoms with Crippen LogP contribution in [0.25, 0.3) is 0 Å². The van der Waals surface area contributed by atoms with Gasteiger partial charge in [0.2, 0.25) is 5.91 Å². The summed E-state index contributed by atoms with van der Waals surface area (Å²) in [6, 6.07) is 6.14. The zero-order valence-corrected chi connectivity index (χ0v) is 14.3. The van der Waals surface area contributed by atoms with Crippen LogP contribution in [0.15, 0.2) is 24.3 Å². The van der Waals surface area contributed by atoms with Gasteiger partial charge in [-0.1, -0.05) is 12.1 Å².